The summed E-state index contributed by atoms with van der Waals surface area (Å²) in [5.41, 5.74) is 2.88. The molecule has 1 saturated carbocycles. The van der Waals surface area contributed by atoms with Crippen molar-refractivity contribution in [3.63, 3.8) is 0 Å². The van der Waals surface area contributed by atoms with Crippen LogP contribution in [0.5, 0.6) is 11.5 Å². The second-order valence-corrected chi connectivity index (χ2v) is 8.63. The minimum atomic E-state index is -0.956. The van der Waals surface area contributed by atoms with Crippen molar-refractivity contribution in [2.24, 2.45) is 5.10 Å². The molecule has 1 N–H and O–H groups in total. The first-order valence-electron chi connectivity index (χ1n) is 10.9. The van der Waals surface area contributed by atoms with Gasteiger partial charge in [0.25, 0.3) is 0 Å². The number of hydrazone groups is 1. The minimum Gasteiger partial charge on any atom is -0.493 e. The minimum absolute atomic E-state index is 0.179. The lowest BCUT2D eigenvalue weighted by atomic mass is 10.0. The van der Waals surface area contributed by atoms with Crippen LogP contribution in [-0.2, 0) is 14.4 Å². The molecule has 8 heteroatoms. The number of nitrogens with zero attached hydrogens (tertiary/aromatic N) is 2. The maximum absolute atomic E-state index is 12.1. The molecule has 3 aliphatic rings. The highest BCUT2D eigenvalue weighted by Gasteiger charge is 2.49. The van der Waals surface area contributed by atoms with E-state index in [-0.39, 0.29) is 12.0 Å². The standard InChI is InChI=1S/C23H31N3O5/c1-6-23(4)26(15(2)27)24-21(30-23)22(3)14-18(25-31-22)16-11-12-19(28-5)20(13-16)29-17-9-7-8-10-17/h11-14,17,25H,6-10H2,1-5H3. The maximum Gasteiger partial charge on any atom is 0.248 e. The van der Waals surface area contributed by atoms with Gasteiger partial charge in [0, 0.05) is 18.9 Å². The van der Waals surface area contributed by atoms with E-state index in [0.29, 0.717) is 18.1 Å². The van der Waals surface area contributed by atoms with Crippen molar-refractivity contribution in [3.8, 4) is 11.5 Å². The van der Waals surface area contributed by atoms with Crippen molar-refractivity contribution in [3.05, 3.63) is 29.8 Å². The van der Waals surface area contributed by atoms with Gasteiger partial charge in [-0.15, -0.1) is 5.10 Å². The van der Waals surface area contributed by atoms with Gasteiger partial charge in [0.05, 0.1) is 18.9 Å². The lowest BCUT2D eigenvalue weighted by molar-refractivity contribution is -0.145. The molecule has 1 fully saturated rings. The van der Waals surface area contributed by atoms with Crippen LogP contribution in [0.3, 0.4) is 0 Å². The molecule has 0 radical (unpaired) electrons. The molecule has 2 heterocycles. The molecule has 2 aliphatic heterocycles. The summed E-state index contributed by atoms with van der Waals surface area (Å²) >= 11 is 0. The lowest BCUT2D eigenvalue weighted by Crippen LogP contribution is -2.45. The molecule has 0 spiro atoms. The Labute approximate surface area is 183 Å². The predicted molar refractivity (Wildman–Crippen MR) is 116 cm³/mol. The van der Waals surface area contributed by atoms with Gasteiger partial charge < -0.3 is 14.2 Å². The molecular weight excluding hydrogens is 398 g/mol. The molecule has 1 aromatic rings. The van der Waals surface area contributed by atoms with E-state index in [0.717, 1.165) is 29.9 Å². The highest BCUT2D eigenvalue weighted by molar-refractivity contribution is 5.93. The molecule has 1 aromatic carbocycles. The summed E-state index contributed by atoms with van der Waals surface area (Å²) in [6.45, 7) is 7.13. The summed E-state index contributed by atoms with van der Waals surface area (Å²) in [5.74, 6) is 1.59. The van der Waals surface area contributed by atoms with Crippen molar-refractivity contribution in [1.29, 1.82) is 0 Å². The number of hydrogen-bond acceptors (Lipinski definition) is 7. The predicted octanol–water partition coefficient (Wildman–Crippen LogP) is 3.97. The summed E-state index contributed by atoms with van der Waals surface area (Å²) in [6.07, 6.45) is 7.25. The van der Waals surface area contributed by atoms with Crippen molar-refractivity contribution >= 4 is 17.5 Å². The average Bonchev–Trinajstić information content (AvgIpc) is 3.48. The Morgan fingerprint density at radius 1 is 1.29 bits per heavy atom. The van der Waals surface area contributed by atoms with Gasteiger partial charge in [-0.25, -0.2) is 0 Å². The third-order valence-corrected chi connectivity index (χ3v) is 6.20. The van der Waals surface area contributed by atoms with Crippen LogP contribution in [0.25, 0.3) is 5.70 Å². The Morgan fingerprint density at radius 3 is 2.65 bits per heavy atom. The normalized spacial score (nSPS) is 28.1. The van der Waals surface area contributed by atoms with E-state index in [4.69, 9.17) is 19.0 Å². The zero-order chi connectivity index (χ0) is 22.2. The number of ether oxygens (including phenoxy) is 3. The Kier molecular flexibility index (Phi) is 5.60. The van der Waals surface area contributed by atoms with Crippen molar-refractivity contribution < 1.29 is 23.8 Å². The van der Waals surface area contributed by atoms with Crippen LogP contribution in [0.15, 0.2) is 29.4 Å². The molecule has 168 valence electrons. The SMILES string of the molecule is CCC1(C)OC(C2(C)C=C(c3ccc(OC)c(OC4CCCC4)c3)NO2)=NN1C(C)=O. The second kappa shape index (κ2) is 8.07. The number of rotatable bonds is 6. The number of hydrogen-bond donors (Lipinski definition) is 1. The van der Waals surface area contributed by atoms with Gasteiger partial charge >= 0.3 is 0 Å². The summed E-state index contributed by atoms with van der Waals surface area (Å²) in [6, 6.07) is 5.80. The van der Waals surface area contributed by atoms with Crippen LogP contribution in [0.2, 0.25) is 0 Å². The van der Waals surface area contributed by atoms with Gasteiger partial charge in [-0.05, 0) is 63.8 Å². The summed E-state index contributed by atoms with van der Waals surface area (Å²) in [7, 11) is 1.64. The Bertz CT molecular complexity index is 924. The number of methoxy groups -OCH3 is 1. The topological polar surface area (TPSA) is 81.6 Å². The fraction of sp³-hybridized carbons (Fsp3) is 0.565. The zero-order valence-corrected chi connectivity index (χ0v) is 18.9. The molecule has 4 rings (SSSR count). The molecule has 1 aliphatic carbocycles. The Morgan fingerprint density at radius 2 is 2.03 bits per heavy atom. The number of amides is 1. The van der Waals surface area contributed by atoms with Crippen molar-refractivity contribution in [1.82, 2.24) is 10.5 Å². The van der Waals surface area contributed by atoms with Gasteiger partial charge in [-0.2, -0.15) is 5.01 Å². The zero-order valence-electron chi connectivity index (χ0n) is 18.9. The van der Waals surface area contributed by atoms with E-state index >= 15 is 0 Å². The van der Waals surface area contributed by atoms with Crippen LogP contribution in [0, 0.1) is 0 Å². The number of hydroxylamine groups is 1. The van der Waals surface area contributed by atoms with Crippen LogP contribution in [-0.4, -0.2) is 41.4 Å². The van der Waals surface area contributed by atoms with E-state index in [2.05, 4.69) is 10.6 Å². The largest absolute Gasteiger partial charge is 0.493 e. The molecule has 0 saturated heterocycles. The van der Waals surface area contributed by atoms with Crippen molar-refractivity contribution in [2.45, 2.75) is 77.2 Å². The third kappa shape index (κ3) is 3.96. The Hall–Kier alpha value is -2.74. The molecule has 8 nitrogen and oxygen atoms in total. The third-order valence-electron chi connectivity index (χ3n) is 6.20. The quantitative estimate of drug-likeness (QED) is 0.737. The van der Waals surface area contributed by atoms with E-state index in [1.54, 1.807) is 7.11 Å². The summed E-state index contributed by atoms with van der Waals surface area (Å²) < 4.78 is 17.8. The molecule has 0 aromatic heterocycles. The number of benzene rings is 1. The van der Waals surface area contributed by atoms with E-state index in [9.17, 15) is 4.79 Å². The maximum atomic E-state index is 12.1. The number of nitrogens with one attached hydrogen (secondary N) is 1. The molecular formula is C23H31N3O5. The van der Waals surface area contributed by atoms with Crippen LogP contribution >= 0.6 is 0 Å². The van der Waals surface area contributed by atoms with Crippen molar-refractivity contribution in [2.75, 3.05) is 7.11 Å². The van der Waals surface area contributed by atoms with E-state index in [1.807, 2.05) is 45.0 Å². The highest BCUT2D eigenvalue weighted by Crippen LogP contribution is 2.38. The lowest BCUT2D eigenvalue weighted by Gasteiger charge is -2.30. The van der Waals surface area contributed by atoms with E-state index in [1.165, 1.54) is 24.8 Å². The first-order chi connectivity index (χ1) is 14.8. The summed E-state index contributed by atoms with van der Waals surface area (Å²) in [5, 5.41) is 5.81. The first-order valence-corrected chi connectivity index (χ1v) is 10.9. The van der Waals surface area contributed by atoms with Gasteiger partial charge in [0.15, 0.2) is 17.1 Å². The van der Waals surface area contributed by atoms with Crippen LogP contribution in [0.4, 0.5) is 0 Å². The number of carbonyl (C=O) groups is 1. The Balaban J connectivity index is 1.60. The monoisotopic (exact) mass is 429 g/mol. The molecule has 2 unspecified atom stereocenters. The molecule has 2 atom stereocenters. The summed E-state index contributed by atoms with van der Waals surface area (Å²) in [4.78, 5) is 17.9. The second-order valence-electron chi connectivity index (χ2n) is 8.63. The van der Waals surface area contributed by atoms with Gasteiger partial charge in [0.2, 0.25) is 17.5 Å². The highest BCUT2D eigenvalue weighted by atomic mass is 16.7. The average molecular weight is 430 g/mol. The van der Waals surface area contributed by atoms with E-state index < -0.39 is 11.3 Å². The van der Waals surface area contributed by atoms with Gasteiger partial charge in [0.1, 0.15) is 0 Å². The number of carbonyl (C=O) groups excluding carboxylic acids is 1. The fourth-order valence-corrected chi connectivity index (χ4v) is 4.16. The fourth-order valence-electron chi connectivity index (χ4n) is 4.16. The van der Waals surface area contributed by atoms with Gasteiger partial charge in [-0.1, -0.05) is 6.92 Å². The first kappa shape index (κ1) is 21.5. The smallest absolute Gasteiger partial charge is 0.248 e. The van der Waals surface area contributed by atoms with Crippen LogP contribution in [0.1, 0.15) is 65.4 Å². The molecule has 1 amide bonds. The molecule has 31 heavy (non-hydrogen) atoms. The molecule has 0 bridgehead atoms. The van der Waals surface area contributed by atoms with Crippen LogP contribution < -0.4 is 15.0 Å². The van der Waals surface area contributed by atoms with Gasteiger partial charge in [-0.3, -0.25) is 15.1 Å².